The van der Waals surface area contributed by atoms with E-state index in [2.05, 4.69) is 19.2 Å². The number of aliphatic hydroxyl groups excluding tert-OH is 1. The van der Waals surface area contributed by atoms with Gasteiger partial charge in [0.25, 0.3) is 0 Å². The average Bonchev–Trinajstić information content (AvgIpc) is 2.63. The highest BCUT2D eigenvalue weighted by Gasteiger charge is 2.33. The molecular weight excluding hydrogens is 332 g/mol. The summed E-state index contributed by atoms with van der Waals surface area (Å²) in [4.78, 5) is 13.9. The molecular formula is C20H32N2O4. The third kappa shape index (κ3) is 6.50. The van der Waals surface area contributed by atoms with Crippen LogP contribution in [0.25, 0.3) is 0 Å². The molecule has 0 saturated carbocycles. The van der Waals surface area contributed by atoms with Crippen LogP contribution in [0.1, 0.15) is 38.7 Å². The zero-order chi connectivity index (χ0) is 19.0. The van der Waals surface area contributed by atoms with Crippen LogP contribution < -0.4 is 10.1 Å². The number of piperidine rings is 1. The summed E-state index contributed by atoms with van der Waals surface area (Å²) in [5.41, 5.74) is 0.116. The van der Waals surface area contributed by atoms with Crippen LogP contribution in [0.5, 0.6) is 5.75 Å². The van der Waals surface area contributed by atoms with E-state index in [9.17, 15) is 9.90 Å². The van der Waals surface area contributed by atoms with Crippen LogP contribution in [0.15, 0.2) is 24.3 Å². The molecule has 0 aromatic heterocycles. The van der Waals surface area contributed by atoms with E-state index in [1.165, 1.54) is 0 Å². The molecule has 0 spiro atoms. The van der Waals surface area contributed by atoms with E-state index >= 15 is 0 Å². The van der Waals surface area contributed by atoms with E-state index in [1.54, 1.807) is 4.90 Å². The van der Waals surface area contributed by atoms with Crippen molar-refractivity contribution in [3.05, 3.63) is 29.8 Å². The summed E-state index contributed by atoms with van der Waals surface area (Å²) in [5.74, 6) is 1.51. The fourth-order valence-corrected chi connectivity index (χ4v) is 2.87. The number of amides is 2. The van der Waals surface area contributed by atoms with Gasteiger partial charge in [0.15, 0.2) is 0 Å². The number of aliphatic hydroxyl groups is 2. The molecule has 1 heterocycles. The van der Waals surface area contributed by atoms with E-state index in [1.807, 2.05) is 24.3 Å². The van der Waals surface area contributed by atoms with Crippen LogP contribution in [0, 0.1) is 5.92 Å². The summed E-state index contributed by atoms with van der Waals surface area (Å²) in [6.07, 6.45) is 2.62. The first kappa shape index (κ1) is 20.5. The number of benzene rings is 1. The Kier molecular flexibility index (Phi) is 7.72. The summed E-state index contributed by atoms with van der Waals surface area (Å²) in [5, 5.41) is 22.1. The lowest BCUT2D eigenvalue weighted by Crippen LogP contribution is -2.51. The van der Waals surface area contributed by atoms with Gasteiger partial charge < -0.3 is 25.2 Å². The molecule has 2 amide bonds. The number of nitrogens with zero attached hydrogens (tertiary/aromatic N) is 1. The molecule has 1 aliphatic rings. The van der Waals surface area contributed by atoms with Gasteiger partial charge in [-0.3, -0.25) is 0 Å². The number of nitrogens with one attached hydrogen (secondary N) is 1. The molecule has 6 nitrogen and oxygen atoms in total. The van der Waals surface area contributed by atoms with Crippen LogP contribution >= 0.6 is 0 Å². The first-order valence-corrected chi connectivity index (χ1v) is 9.49. The number of rotatable bonds is 8. The van der Waals surface area contributed by atoms with Gasteiger partial charge in [-0.25, -0.2) is 4.79 Å². The quantitative estimate of drug-likeness (QED) is 0.660. The molecule has 1 aromatic carbocycles. The maximum absolute atomic E-state index is 12.2. The number of carbonyl (C=O) groups is 1. The smallest absolute Gasteiger partial charge is 0.317 e. The lowest BCUT2D eigenvalue weighted by molar-refractivity contribution is -0.0526. The maximum atomic E-state index is 12.2. The minimum atomic E-state index is -1.03. The second kappa shape index (κ2) is 9.78. The summed E-state index contributed by atoms with van der Waals surface area (Å²) in [7, 11) is 0. The largest absolute Gasteiger partial charge is 0.494 e. The van der Waals surface area contributed by atoms with Crippen LogP contribution in [0.4, 0.5) is 4.79 Å². The number of hydrogen-bond donors (Lipinski definition) is 3. The molecule has 0 atom stereocenters. The lowest BCUT2D eigenvalue weighted by Gasteiger charge is -2.36. The van der Waals surface area contributed by atoms with Gasteiger partial charge in [-0.15, -0.1) is 0 Å². The van der Waals surface area contributed by atoms with Crippen LogP contribution in [-0.2, 0) is 6.42 Å². The minimum Gasteiger partial charge on any atom is -0.494 e. The third-order valence-corrected chi connectivity index (χ3v) is 4.85. The Morgan fingerprint density at radius 2 is 1.92 bits per heavy atom. The third-order valence-electron chi connectivity index (χ3n) is 4.85. The van der Waals surface area contributed by atoms with Crippen LogP contribution in [0.3, 0.4) is 0 Å². The van der Waals surface area contributed by atoms with E-state index in [0.717, 1.165) is 30.8 Å². The van der Waals surface area contributed by atoms with Gasteiger partial charge in [0.1, 0.15) is 5.75 Å². The summed E-state index contributed by atoms with van der Waals surface area (Å²) in [6.45, 7) is 6.33. The van der Waals surface area contributed by atoms with Crippen molar-refractivity contribution in [2.24, 2.45) is 5.92 Å². The van der Waals surface area contributed by atoms with Gasteiger partial charge in [0, 0.05) is 19.6 Å². The topological polar surface area (TPSA) is 82.0 Å². The highest BCUT2D eigenvalue weighted by atomic mass is 16.5. The predicted octanol–water partition coefficient (Wildman–Crippen LogP) is 2.18. The standard InChI is InChI=1S/C20H32N2O4/c1-16(2)8-14-26-18-5-3-17(4-6-18)7-11-21-19(24)22-12-9-20(25,15-23)10-13-22/h3-6,16,23,25H,7-15H2,1-2H3,(H,21,24). The van der Waals surface area contributed by atoms with Crippen LogP contribution in [-0.4, -0.2) is 59.6 Å². The Bertz CT molecular complexity index is 551. The number of carbonyl (C=O) groups excluding carboxylic acids is 1. The molecule has 1 saturated heterocycles. The molecule has 0 radical (unpaired) electrons. The van der Waals surface area contributed by atoms with Gasteiger partial charge in [-0.2, -0.15) is 0 Å². The highest BCUT2D eigenvalue weighted by molar-refractivity contribution is 5.74. The molecule has 6 heteroatoms. The SMILES string of the molecule is CC(C)CCOc1ccc(CCNC(=O)N2CCC(O)(CO)CC2)cc1. The summed E-state index contributed by atoms with van der Waals surface area (Å²) >= 11 is 0. The average molecular weight is 364 g/mol. The van der Waals surface area contributed by atoms with Gasteiger partial charge in [-0.05, 0) is 49.3 Å². The molecule has 2 rings (SSSR count). The van der Waals surface area contributed by atoms with Gasteiger partial charge in [0.2, 0.25) is 0 Å². The fraction of sp³-hybridized carbons (Fsp3) is 0.650. The second-order valence-corrected chi connectivity index (χ2v) is 7.53. The normalized spacial score (nSPS) is 16.6. The van der Waals surface area contributed by atoms with E-state index < -0.39 is 5.60 Å². The van der Waals surface area contributed by atoms with Crippen molar-refractivity contribution >= 4 is 6.03 Å². The van der Waals surface area contributed by atoms with Gasteiger partial charge >= 0.3 is 6.03 Å². The first-order valence-electron chi connectivity index (χ1n) is 9.49. The van der Waals surface area contributed by atoms with Gasteiger partial charge in [-0.1, -0.05) is 26.0 Å². The minimum absolute atomic E-state index is 0.112. The maximum Gasteiger partial charge on any atom is 0.317 e. The predicted molar refractivity (Wildman–Crippen MR) is 101 cm³/mol. The van der Waals surface area contributed by atoms with Crippen molar-refractivity contribution < 1.29 is 19.7 Å². The Labute approximate surface area is 156 Å². The van der Waals surface area contributed by atoms with E-state index in [-0.39, 0.29) is 12.6 Å². The fourth-order valence-electron chi connectivity index (χ4n) is 2.87. The Hall–Kier alpha value is -1.79. The summed E-state index contributed by atoms with van der Waals surface area (Å²) in [6, 6.07) is 7.88. The molecule has 0 aliphatic carbocycles. The van der Waals surface area contributed by atoms with Crippen molar-refractivity contribution in [1.29, 1.82) is 0 Å². The van der Waals surface area contributed by atoms with E-state index in [4.69, 9.17) is 9.84 Å². The molecule has 1 aromatic rings. The van der Waals surface area contributed by atoms with Crippen molar-refractivity contribution in [1.82, 2.24) is 10.2 Å². The molecule has 0 bridgehead atoms. The zero-order valence-electron chi connectivity index (χ0n) is 15.9. The molecule has 26 heavy (non-hydrogen) atoms. The van der Waals surface area contributed by atoms with Crippen molar-refractivity contribution in [2.45, 2.75) is 45.1 Å². The lowest BCUT2D eigenvalue weighted by atomic mass is 9.93. The second-order valence-electron chi connectivity index (χ2n) is 7.53. The molecule has 3 N–H and O–H groups in total. The monoisotopic (exact) mass is 364 g/mol. The molecule has 1 aliphatic heterocycles. The number of urea groups is 1. The Morgan fingerprint density at radius 3 is 2.50 bits per heavy atom. The van der Waals surface area contributed by atoms with Crippen molar-refractivity contribution in [3.63, 3.8) is 0 Å². The van der Waals surface area contributed by atoms with Crippen molar-refractivity contribution in [2.75, 3.05) is 32.8 Å². The van der Waals surface area contributed by atoms with Gasteiger partial charge in [0.05, 0.1) is 18.8 Å². The first-order chi connectivity index (χ1) is 12.4. The zero-order valence-corrected chi connectivity index (χ0v) is 15.9. The molecule has 146 valence electrons. The highest BCUT2D eigenvalue weighted by Crippen LogP contribution is 2.21. The number of likely N-dealkylation sites (tertiary alicyclic amines) is 1. The summed E-state index contributed by atoms with van der Waals surface area (Å²) < 4.78 is 5.71. The Balaban J connectivity index is 1.67. The molecule has 0 unspecified atom stereocenters. The van der Waals surface area contributed by atoms with E-state index in [0.29, 0.717) is 38.4 Å². The Morgan fingerprint density at radius 1 is 1.27 bits per heavy atom. The molecule has 1 fully saturated rings. The number of ether oxygens (including phenoxy) is 1. The number of hydrogen-bond acceptors (Lipinski definition) is 4. The van der Waals surface area contributed by atoms with Crippen LogP contribution in [0.2, 0.25) is 0 Å². The van der Waals surface area contributed by atoms with Crippen molar-refractivity contribution in [3.8, 4) is 5.75 Å².